The van der Waals surface area contributed by atoms with Crippen LogP contribution in [0.4, 0.5) is 4.79 Å². The summed E-state index contributed by atoms with van der Waals surface area (Å²) in [5.74, 6) is 0.326. The number of nitrogens with two attached hydrogens (primary N) is 1. The highest BCUT2D eigenvalue weighted by atomic mass is 16.5. The molecule has 3 N–H and O–H groups in total. The minimum atomic E-state index is -0.397. The van der Waals surface area contributed by atoms with E-state index in [1.807, 2.05) is 27.7 Å². The van der Waals surface area contributed by atoms with Crippen LogP contribution >= 0.6 is 0 Å². The molecule has 0 heterocycles. The summed E-state index contributed by atoms with van der Waals surface area (Å²) in [6.45, 7) is 8.02. The average molecular weight is 188 g/mol. The molecular formula is C9H20N2O2. The van der Waals surface area contributed by atoms with Crippen molar-refractivity contribution in [2.45, 2.75) is 39.8 Å². The van der Waals surface area contributed by atoms with Crippen molar-refractivity contribution < 1.29 is 9.53 Å². The van der Waals surface area contributed by atoms with Crippen LogP contribution in [0.25, 0.3) is 0 Å². The summed E-state index contributed by atoms with van der Waals surface area (Å²) in [6.07, 6.45) is -0.397. The van der Waals surface area contributed by atoms with Gasteiger partial charge in [0, 0.05) is 12.1 Å². The molecule has 0 spiro atoms. The number of hydrogen-bond acceptors (Lipinski definition) is 3. The fourth-order valence-electron chi connectivity index (χ4n) is 0.642. The van der Waals surface area contributed by atoms with Gasteiger partial charge in [0.2, 0.25) is 0 Å². The van der Waals surface area contributed by atoms with Crippen LogP contribution in [-0.4, -0.2) is 24.8 Å². The van der Waals surface area contributed by atoms with Gasteiger partial charge in [0.1, 0.15) is 6.61 Å². The molecular weight excluding hydrogens is 168 g/mol. The lowest BCUT2D eigenvalue weighted by Crippen LogP contribution is -2.37. The van der Waals surface area contributed by atoms with E-state index in [1.165, 1.54) is 0 Å². The van der Waals surface area contributed by atoms with E-state index < -0.39 is 6.09 Å². The Morgan fingerprint density at radius 2 is 1.92 bits per heavy atom. The summed E-state index contributed by atoms with van der Waals surface area (Å²) in [7, 11) is 0. The Hall–Kier alpha value is -0.770. The summed E-state index contributed by atoms with van der Waals surface area (Å²) in [4.78, 5) is 11.0. The first-order chi connectivity index (χ1) is 5.93. The molecule has 0 aliphatic heterocycles. The molecule has 0 aromatic heterocycles. The molecule has 1 atom stereocenters. The van der Waals surface area contributed by atoms with Gasteiger partial charge in [-0.25, -0.2) is 4.79 Å². The third-order valence-corrected chi connectivity index (χ3v) is 1.67. The first-order valence-corrected chi connectivity index (χ1v) is 4.62. The van der Waals surface area contributed by atoms with Gasteiger partial charge in [-0.2, -0.15) is 0 Å². The minimum absolute atomic E-state index is 0.0853. The number of carbonyl (C=O) groups excluding carboxylic acids is 1. The molecule has 0 rings (SSSR count). The highest BCUT2D eigenvalue weighted by molar-refractivity contribution is 5.67. The van der Waals surface area contributed by atoms with Gasteiger partial charge in [-0.1, -0.05) is 13.8 Å². The van der Waals surface area contributed by atoms with Crippen molar-refractivity contribution in [3.05, 3.63) is 0 Å². The molecule has 0 bridgehead atoms. The first-order valence-electron chi connectivity index (χ1n) is 4.62. The van der Waals surface area contributed by atoms with Crippen molar-refractivity contribution in [2.75, 3.05) is 6.61 Å². The maximum atomic E-state index is 11.0. The Kier molecular flexibility index (Phi) is 5.46. The third-order valence-electron chi connectivity index (χ3n) is 1.67. The smallest absolute Gasteiger partial charge is 0.407 e. The van der Waals surface area contributed by atoms with Gasteiger partial charge in [0.25, 0.3) is 0 Å². The Balaban J connectivity index is 3.58. The van der Waals surface area contributed by atoms with Crippen LogP contribution in [-0.2, 0) is 4.74 Å². The van der Waals surface area contributed by atoms with E-state index in [4.69, 9.17) is 10.5 Å². The zero-order valence-electron chi connectivity index (χ0n) is 8.83. The third kappa shape index (κ3) is 6.40. The highest BCUT2D eigenvalue weighted by Gasteiger charge is 2.10. The van der Waals surface area contributed by atoms with Crippen molar-refractivity contribution in [1.82, 2.24) is 5.32 Å². The minimum Gasteiger partial charge on any atom is -0.448 e. The van der Waals surface area contributed by atoms with E-state index in [0.717, 1.165) is 0 Å². The van der Waals surface area contributed by atoms with Crippen LogP contribution in [0.3, 0.4) is 0 Å². The normalized spacial score (nSPS) is 13.2. The Labute approximate surface area is 79.8 Å². The standard InChI is InChI=1S/C9H20N2O2/c1-6(2)8(10)5-13-9(12)11-7(3)4/h6-8H,5,10H2,1-4H3,(H,11,12)/t8-/m1/s1. The SMILES string of the molecule is CC(C)NC(=O)OC[C@@H](N)C(C)C. The lowest BCUT2D eigenvalue weighted by Gasteiger charge is -2.16. The molecule has 0 aromatic carbocycles. The quantitative estimate of drug-likeness (QED) is 0.694. The number of amides is 1. The van der Waals surface area contributed by atoms with Crippen molar-refractivity contribution in [1.29, 1.82) is 0 Å². The summed E-state index contributed by atoms with van der Waals surface area (Å²) in [5, 5.41) is 2.62. The van der Waals surface area contributed by atoms with Crippen molar-refractivity contribution in [3.8, 4) is 0 Å². The highest BCUT2D eigenvalue weighted by Crippen LogP contribution is 1.98. The molecule has 78 valence electrons. The van der Waals surface area contributed by atoms with Gasteiger partial charge in [0.15, 0.2) is 0 Å². The molecule has 0 saturated heterocycles. The van der Waals surface area contributed by atoms with Crippen LogP contribution in [0, 0.1) is 5.92 Å². The fraction of sp³-hybridized carbons (Fsp3) is 0.889. The molecule has 4 heteroatoms. The van der Waals surface area contributed by atoms with Gasteiger partial charge in [-0.3, -0.25) is 0 Å². The first kappa shape index (κ1) is 12.2. The van der Waals surface area contributed by atoms with Gasteiger partial charge >= 0.3 is 6.09 Å². The molecule has 13 heavy (non-hydrogen) atoms. The van der Waals surface area contributed by atoms with E-state index in [-0.39, 0.29) is 18.7 Å². The molecule has 0 unspecified atom stereocenters. The Morgan fingerprint density at radius 1 is 1.38 bits per heavy atom. The van der Waals surface area contributed by atoms with E-state index in [2.05, 4.69) is 5.32 Å². The largest absolute Gasteiger partial charge is 0.448 e. The maximum Gasteiger partial charge on any atom is 0.407 e. The van der Waals surface area contributed by atoms with Crippen molar-refractivity contribution >= 4 is 6.09 Å². The van der Waals surface area contributed by atoms with E-state index >= 15 is 0 Å². The van der Waals surface area contributed by atoms with E-state index in [0.29, 0.717) is 5.92 Å². The van der Waals surface area contributed by atoms with Gasteiger partial charge in [-0.05, 0) is 19.8 Å². The molecule has 4 nitrogen and oxygen atoms in total. The van der Waals surface area contributed by atoms with Crippen LogP contribution in [0.15, 0.2) is 0 Å². The van der Waals surface area contributed by atoms with Crippen LogP contribution < -0.4 is 11.1 Å². The Morgan fingerprint density at radius 3 is 2.31 bits per heavy atom. The Bertz CT molecular complexity index is 158. The van der Waals surface area contributed by atoms with E-state index in [1.54, 1.807) is 0 Å². The summed E-state index contributed by atoms with van der Waals surface area (Å²) in [5.41, 5.74) is 5.69. The molecule has 0 fully saturated rings. The fourth-order valence-corrected chi connectivity index (χ4v) is 0.642. The van der Waals surface area contributed by atoms with Crippen molar-refractivity contribution in [3.63, 3.8) is 0 Å². The molecule has 0 aliphatic carbocycles. The van der Waals surface area contributed by atoms with Gasteiger partial charge in [0.05, 0.1) is 0 Å². The maximum absolute atomic E-state index is 11.0. The number of nitrogens with one attached hydrogen (secondary N) is 1. The zero-order chi connectivity index (χ0) is 10.4. The predicted molar refractivity (Wildman–Crippen MR) is 52.4 cm³/mol. The van der Waals surface area contributed by atoms with Gasteiger partial charge < -0.3 is 15.8 Å². The molecule has 0 aliphatic rings. The summed E-state index contributed by atoms with van der Waals surface area (Å²) < 4.78 is 4.90. The molecule has 0 aromatic rings. The van der Waals surface area contributed by atoms with Crippen LogP contribution in [0.5, 0.6) is 0 Å². The lowest BCUT2D eigenvalue weighted by molar-refractivity contribution is 0.130. The second kappa shape index (κ2) is 5.80. The monoisotopic (exact) mass is 188 g/mol. The number of alkyl carbamates (subject to hydrolysis) is 1. The number of carbonyl (C=O) groups is 1. The zero-order valence-corrected chi connectivity index (χ0v) is 8.83. The van der Waals surface area contributed by atoms with Crippen LogP contribution in [0.2, 0.25) is 0 Å². The summed E-state index contributed by atoms with van der Waals surface area (Å²) >= 11 is 0. The number of rotatable bonds is 4. The van der Waals surface area contributed by atoms with E-state index in [9.17, 15) is 4.79 Å². The molecule has 1 amide bonds. The number of hydrogen-bond donors (Lipinski definition) is 2. The average Bonchev–Trinajstić information content (AvgIpc) is 1.98. The second-order valence-corrected chi connectivity index (χ2v) is 3.81. The summed E-state index contributed by atoms with van der Waals surface area (Å²) in [6, 6.07) is 0.0145. The second-order valence-electron chi connectivity index (χ2n) is 3.81. The predicted octanol–water partition coefficient (Wildman–Crippen LogP) is 1.10. The molecule has 0 saturated carbocycles. The van der Waals surface area contributed by atoms with Crippen LogP contribution in [0.1, 0.15) is 27.7 Å². The molecule has 0 radical (unpaired) electrons. The topological polar surface area (TPSA) is 64.3 Å². The number of ether oxygens (including phenoxy) is 1. The lowest BCUT2D eigenvalue weighted by atomic mass is 10.1. The van der Waals surface area contributed by atoms with Crippen molar-refractivity contribution in [2.24, 2.45) is 11.7 Å². The van der Waals surface area contributed by atoms with Gasteiger partial charge in [-0.15, -0.1) is 0 Å².